The maximum Gasteiger partial charge on any atom is 0.283 e. The van der Waals surface area contributed by atoms with Crippen LogP contribution in [0.15, 0.2) is 23.1 Å². The zero-order valence-electron chi connectivity index (χ0n) is 12.4. The van der Waals surface area contributed by atoms with E-state index >= 15 is 0 Å². The number of benzene rings is 1. The quantitative estimate of drug-likeness (QED) is 0.479. The van der Waals surface area contributed by atoms with E-state index in [1.54, 1.807) is 28.2 Å². The molecule has 1 saturated heterocycles. The van der Waals surface area contributed by atoms with Crippen LogP contribution in [0.3, 0.4) is 0 Å². The molecule has 0 bridgehead atoms. The van der Waals surface area contributed by atoms with Gasteiger partial charge in [-0.25, -0.2) is 0 Å². The van der Waals surface area contributed by atoms with Crippen molar-refractivity contribution in [1.82, 2.24) is 9.80 Å². The number of hydrogen-bond donors (Lipinski definition) is 0. The van der Waals surface area contributed by atoms with Crippen LogP contribution in [0.25, 0.3) is 0 Å². The average Bonchev–Trinajstić information content (AvgIpc) is 2.53. The lowest BCUT2D eigenvalue weighted by Gasteiger charge is -2.34. The predicted molar refractivity (Wildman–Crippen MR) is 83.0 cm³/mol. The maximum atomic E-state index is 12.4. The van der Waals surface area contributed by atoms with E-state index in [-0.39, 0.29) is 17.5 Å². The second kappa shape index (κ2) is 6.78. The minimum Gasteiger partial charge on any atom is -0.339 e. The summed E-state index contributed by atoms with van der Waals surface area (Å²) in [6, 6.07) is 4.53. The lowest BCUT2D eigenvalue weighted by atomic mass is 10.1. The second-order valence-electron chi connectivity index (χ2n) is 4.94. The van der Waals surface area contributed by atoms with Gasteiger partial charge in [-0.1, -0.05) is 0 Å². The van der Waals surface area contributed by atoms with E-state index in [1.165, 1.54) is 24.8 Å². The van der Waals surface area contributed by atoms with Crippen LogP contribution >= 0.6 is 11.8 Å². The van der Waals surface area contributed by atoms with Crippen LogP contribution in [0.2, 0.25) is 0 Å². The van der Waals surface area contributed by atoms with E-state index in [0.29, 0.717) is 36.6 Å². The SMILES string of the molecule is CSc1ccc(C(=O)N2CCN(C(C)=O)CC2)cc1[N+](=O)[O-]. The molecule has 8 heteroatoms. The van der Waals surface area contributed by atoms with Crippen molar-refractivity contribution < 1.29 is 14.5 Å². The number of thioether (sulfide) groups is 1. The largest absolute Gasteiger partial charge is 0.339 e. The molecule has 118 valence electrons. The molecule has 0 atom stereocenters. The molecule has 0 unspecified atom stereocenters. The Labute approximate surface area is 132 Å². The lowest BCUT2D eigenvalue weighted by Crippen LogP contribution is -2.50. The fourth-order valence-corrected chi connectivity index (χ4v) is 2.92. The Balaban J connectivity index is 2.15. The molecule has 0 spiro atoms. The van der Waals surface area contributed by atoms with Gasteiger partial charge >= 0.3 is 0 Å². The summed E-state index contributed by atoms with van der Waals surface area (Å²) >= 11 is 1.27. The van der Waals surface area contributed by atoms with Gasteiger partial charge in [0.1, 0.15) is 0 Å². The van der Waals surface area contributed by atoms with Crippen molar-refractivity contribution >= 4 is 29.3 Å². The molecule has 1 fully saturated rings. The zero-order valence-corrected chi connectivity index (χ0v) is 13.3. The number of nitro benzene ring substituents is 1. The Morgan fingerprint density at radius 3 is 2.27 bits per heavy atom. The van der Waals surface area contributed by atoms with Crippen LogP contribution in [0.5, 0.6) is 0 Å². The topological polar surface area (TPSA) is 83.8 Å². The van der Waals surface area contributed by atoms with Crippen LogP contribution in [-0.2, 0) is 4.79 Å². The summed E-state index contributed by atoms with van der Waals surface area (Å²) in [5.74, 6) is -0.244. The molecule has 1 aliphatic rings. The molecule has 0 saturated carbocycles. The van der Waals surface area contributed by atoms with E-state index in [2.05, 4.69) is 0 Å². The summed E-state index contributed by atoms with van der Waals surface area (Å²) in [6.45, 7) is 3.37. The van der Waals surface area contributed by atoms with Gasteiger partial charge in [-0.05, 0) is 18.4 Å². The number of nitro groups is 1. The normalized spacial score (nSPS) is 14.8. The number of carbonyl (C=O) groups is 2. The third-order valence-electron chi connectivity index (χ3n) is 3.63. The van der Waals surface area contributed by atoms with Gasteiger partial charge in [0.05, 0.1) is 9.82 Å². The number of rotatable bonds is 3. The molecule has 0 aliphatic carbocycles. The number of piperazine rings is 1. The van der Waals surface area contributed by atoms with Gasteiger partial charge in [-0.2, -0.15) is 0 Å². The molecule has 1 aliphatic heterocycles. The van der Waals surface area contributed by atoms with Gasteiger partial charge in [-0.3, -0.25) is 19.7 Å². The van der Waals surface area contributed by atoms with Gasteiger partial charge in [-0.15, -0.1) is 11.8 Å². The van der Waals surface area contributed by atoms with E-state index in [1.807, 2.05) is 0 Å². The first-order chi connectivity index (χ1) is 10.4. The molecule has 1 aromatic rings. The molecule has 22 heavy (non-hydrogen) atoms. The highest BCUT2D eigenvalue weighted by Gasteiger charge is 2.25. The Hall–Kier alpha value is -2.09. The molecule has 2 rings (SSSR count). The summed E-state index contributed by atoms with van der Waals surface area (Å²) < 4.78 is 0. The van der Waals surface area contributed by atoms with Crippen LogP contribution in [0.4, 0.5) is 5.69 Å². The van der Waals surface area contributed by atoms with Crippen molar-refractivity contribution in [1.29, 1.82) is 0 Å². The Morgan fingerprint density at radius 1 is 1.18 bits per heavy atom. The summed E-state index contributed by atoms with van der Waals surface area (Å²) in [6.07, 6.45) is 1.75. The van der Waals surface area contributed by atoms with Crippen LogP contribution in [0, 0.1) is 10.1 Å². The third-order valence-corrected chi connectivity index (χ3v) is 4.42. The number of carbonyl (C=O) groups excluding carboxylic acids is 2. The van der Waals surface area contributed by atoms with Crippen molar-refractivity contribution in [3.63, 3.8) is 0 Å². The molecular weight excluding hydrogens is 306 g/mol. The summed E-state index contributed by atoms with van der Waals surface area (Å²) in [4.78, 5) is 38.2. The van der Waals surface area contributed by atoms with E-state index in [4.69, 9.17) is 0 Å². The van der Waals surface area contributed by atoms with Crippen molar-refractivity contribution in [2.24, 2.45) is 0 Å². The molecule has 7 nitrogen and oxygen atoms in total. The number of nitrogens with zero attached hydrogens (tertiary/aromatic N) is 3. The maximum absolute atomic E-state index is 12.4. The Morgan fingerprint density at radius 2 is 1.77 bits per heavy atom. The van der Waals surface area contributed by atoms with Crippen LogP contribution in [0.1, 0.15) is 17.3 Å². The Kier molecular flexibility index (Phi) is 5.02. The minimum atomic E-state index is -0.476. The third kappa shape index (κ3) is 3.38. The molecule has 0 N–H and O–H groups in total. The highest BCUT2D eigenvalue weighted by atomic mass is 32.2. The van der Waals surface area contributed by atoms with E-state index < -0.39 is 4.92 Å². The van der Waals surface area contributed by atoms with Gasteiger partial charge < -0.3 is 9.80 Å². The molecule has 0 radical (unpaired) electrons. The van der Waals surface area contributed by atoms with Crippen molar-refractivity contribution in [3.05, 3.63) is 33.9 Å². The first-order valence-corrected chi connectivity index (χ1v) is 8.03. The monoisotopic (exact) mass is 323 g/mol. The number of hydrogen-bond acceptors (Lipinski definition) is 5. The lowest BCUT2D eigenvalue weighted by molar-refractivity contribution is -0.387. The fourth-order valence-electron chi connectivity index (χ4n) is 2.37. The first-order valence-electron chi connectivity index (χ1n) is 6.81. The predicted octanol–water partition coefficient (Wildman–Crippen LogP) is 1.62. The highest BCUT2D eigenvalue weighted by molar-refractivity contribution is 7.98. The minimum absolute atomic E-state index is 0.00735. The van der Waals surface area contributed by atoms with Crippen molar-refractivity contribution in [3.8, 4) is 0 Å². The van der Waals surface area contributed by atoms with Gasteiger partial charge in [0.2, 0.25) is 5.91 Å². The van der Waals surface area contributed by atoms with Gasteiger partial charge in [0.25, 0.3) is 11.6 Å². The molecule has 1 heterocycles. The molecule has 2 amide bonds. The van der Waals surface area contributed by atoms with Gasteiger partial charge in [0, 0.05) is 44.7 Å². The summed E-state index contributed by atoms with van der Waals surface area (Å²) in [7, 11) is 0. The van der Waals surface area contributed by atoms with E-state index in [9.17, 15) is 19.7 Å². The van der Waals surface area contributed by atoms with E-state index in [0.717, 1.165) is 0 Å². The smallest absolute Gasteiger partial charge is 0.283 e. The van der Waals surface area contributed by atoms with Crippen molar-refractivity contribution in [2.75, 3.05) is 32.4 Å². The molecular formula is C14H17N3O4S. The fraction of sp³-hybridized carbons (Fsp3) is 0.429. The summed E-state index contributed by atoms with van der Waals surface area (Å²) in [5, 5.41) is 11.1. The second-order valence-corrected chi connectivity index (χ2v) is 5.79. The standard InChI is InChI=1S/C14H17N3O4S/c1-10(18)15-5-7-16(8-6-15)14(19)11-3-4-13(22-2)12(9-11)17(20)21/h3-4,9H,5-8H2,1-2H3. The molecule has 1 aromatic carbocycles. The van der Waals surface area contributed by atoms with Crippen LogP contribution < -0.4 is 0 Å². The highest BCUT2D eigenvalue weighted by Crippen LogP contribution is 2.28. The van der Waals surface area contributed by atoms with Gasteiger partial charge in [0.15, 0.2) is 0 Å². The number of amides is 2. The average molecular weight is 323 g/mol. The molecule has 0 aromatic heterocycles. The van der Waals surface area contributed by atoms with Crippen LogP contribution in [-0.4, -0.2) is 59.0 Å². The zero-order chi connectivity index (χ0) is 16.3. The Bertz CT molecular complexity index is 612. The van der Waals surface area contributed by atoms with Crippen molar-refractivity contribution in [2.45, 2.75) is 11.8 Å². The first kappa shape index (κ1) is 16.3. The summed E-state index contributed by atoms with van der Waals surface area (Å²) in [5.41, 5.74) is 0.251.